The van der Waals surface area contributed by atoms with Crippen LogP contribution in [0.2, 0.25) is 6.32 Å². The predicted octanol–water partition coefficient (Wildman–Crippen LogP) is 0.506. The number of aliphatic hydroxyl groups is 1. The van der Waals surface area contributed by atoms with Crippen LogP contribution in [0.5, 0.6) is 0 Å². The molecule has 25 heavy (non-hydrogen) atoms. The summed E-state index contributed by atoms with van der Waals surface area (Å²) in [7, 11) is 17.7. The van der Waals surface area contributed by atoms with Gasteiger partial charge in [-0.25, -0.2) is 4.79 Å². The van der Waals surface area contributed by atoms with Crippen molar-refractivity contribution in [2.75, 3.05) is 0 Å². The zero-order chi connectivity index (χ0) is 19.2. The summed E-state index contributed by atoms with van der Waals surface area (Å²) in [5, 5.41) is 20.2. The van der Waals surface area contributed by atoms with Crippen molar-refractivity contribution in [3.63, 3.8) is 0 Å². The van der Waals surface area contributed by atoms with Gasteiger partial charge in [-0.05, 0) is 38.8 Å². The Morgan fingerprint density at radius 1 is 1.52 bits per heavy atom. The van der Waals surface area contributed by atoms with Gasteiger partial charge in [-0.1, -0.05) is 0 Å². The molecule has 0 saturated heterocycles. The summed E-state index contributed by atoms with van der Waals surface area (Å²) in [6, 6.07) is 1.10. The molecule has 0 spiro atoms. The maximum atomic E-state index is 12.6. The number of fused-ring (bicyclic) bond motifs is 1. The molecule has 1 unspecified atom stereocenters. The molecular formula is C14H16B3N3O5. The SMILES string of the molecule is [B]CC1(O)c2cc([N+](=O)[O-])cnc2CC([B])([B])N1C(=O)OC(C)(C)C. The van der Waals surface area contributed by atoms with Gasteiger partial charge in [0.15, 0.2) is 5.72 Å². The molecule has 126 valence electrons. The van der Waals surface area contributed by atoms with E-state index in [1.54, 1.807) is 20.8 Å². The molecule has 6 radical (unpaired) electrons. The second kappa shape index (κ2) is 6.05. The number of carbonyl (C=O) groups excluding carboxylic acids is 1. The lowest BCUT2D eigenvalue weighted by molar-refractivity contribution is -0.385. The fraction of sp³-hybridized carbons (Fsp3) is 0.571. The van der Waals surface area contributed by atoms with Crippen molar-refractivity contribution in [2.45, 2.75) is 50.2 Å². The molecule has 0 aromatic carbocycles. The third kappa shape index (κ3) is 3.51. The third-order valence-corrected chi connectivity index (χ3v) is 3.70. The second-order valence-corrected chi connectivity index (χ2v) is 6.95. The highest BCUT2D eigenvalue weighted by Gasteiger charge is 2.52. The lowest BCUT2D eigenvalue weighted by atomic mass is 9.55. The molecule has 2 rings (SSSR count). The fourth-order valence-electron chi connectivity index (χ4n) is 2.71. The van der Waals surface area contributed by atoms with Crippen LogP contribution in [0.15, 0.2) is 12.3 Å². The van der Waals surface area contributed by atoms with Crippen LogP contribution >= 0.6 is 0 Å². The zero-order valence-corrected chi connectivity index (χ0v) is 14.2. The van der Waals surface area contributed by atoms with E-state index in [-0.39, 0.29) is 23.4 Å². The van der Waals surface area contributed by atoms with E-state index in [4.69, 9.17) is 28.3 Å². The van der Waals surface area contributed by atoms with E-state index in [9.17, 15) is 20.0 Å². The van der Waals surface area contributed by atoms with Crippen LogP contribution < -0.4 is 0 Å². The number of carbonyl (C=O) groups is 1. The second-order valence-electron chi connectivity index (χ2n) is 6.95. The van der Waals surface area contributed by atoms with Gasteiger partial charge in [-0.2, -0.15) is 0 Å². The van der Waals surface area contributed by atoms with E-state index in [1.165, 1.54) is 0 Å². The van der Waals surface area contributed by atoms with Crippen LogP contribution in [0, 0.1) is 10.1 Å². The van der Waals surface area contributed by atoms with Crippen LogP contribution in [0.4, 0.5) is 10.5 Å². The van der Waals surface area contributed by atoms with E-state index < -0.39 is 34.0 Å². The molecule has 8 nitrogen and oxygen atoms in total. The van der Waals surface area contributed by atoms with E-state index in [2.05, 4.69) is 4.98 Å². The van der Waals surface area contributed by atoms with Crippen molar-refractivity contribution in [2.24, 2.45) is 0 Å². The van der Waals surface area contributed by atoms with Gasteiger partial charge in [0.05, 0.1) is 28.5 Å². The van der Waals surface area contributed by atoms with Crippen molar-refractivity contribution in [1.82, 2.24) is 9.88 Å². The Kier molecular flexibility index (Phi) is 4.67. The number of hydrogen-bond acceptors (Lipinski definition) is 6. The van der Waals surface area contributed by atoms with Crippen LogP contribution in [-0.2, 0) is 16.9 Å². The van der Waals surface area contributed by atoms with Crippen LogP contribution in [0.1, 0.15) is 32.0 Å². The Morgan fingerprint density at radius 3 is 2.60 bits per heavy atom. The largest absolute Gasteiger partial charge is 0.444 e. The fourth-order valence-corrected chi connectivity index (χ4v) is 2.71. The van der Waals surface area contributed by atoms with Gasteiger partial charge in [0.1, 0.15) is 11.8 Å². The first kappa shape index (κ1) is 19.3. The highest BCUT2D eigenvalue weighted by Crippen LogP contribution is 2.42. The summed E-state index contributed by atoms with van der Waals surface area (Å²) in [6.45, 7) is 4.89. The van der Waals surface area contributed by atoms with Gasteiger partial charge in [-0.15, -0.1) is 0 Å². The van der Waals surface area contributed by atoms with Crippen molar-refractivity contribution in [3.05, 3.63) is 33.6 Å². The molecule has 1 atom stereocenters. The summed E-state index contributed by atoms with van der Waals surface area (Å²) >= 11 is 0. The molecule has 11 heteroatoms. The van der Waals surface area contributed by atoms with Crippen LogP contribution in [0.3, 0.4) is 0 Å². The van der Waals surface area contributed by atoms with Crippen molar-refractivity contribution < 1.29 is 19.6 Å². The Balaban J connectivity index is 2.62. The van der Waals surface area contributed by atoms with Crippen molar-refractivity contribution in [3.8, 4) is 0 Å². The zero-order valence-electron chi connectivity index (χ0n) is 14.2. The minimum absolute atomic E-state index is 0.0124. The quantitative estimate of drug-likeness (QED) is 0.478. The minimum atomic E-state index is -2.21. The first-order valence-electron chi connectivity index (χ1n) is 7.49. The summed E-state index contributed by atoms with van der Waals surface area (Å²) in [5.41, 5.74) is -3.26. The van der Waals surface area contributed by atoms with Gasteiger partial charge >= 0.3 is 6.09 Å². The molecule has 1 amide bonds. The molecule has 1 aromatic rings. The number of aromatic nitrogens is 1. The molecular weight excluding hydrogens is 323 g/mol. The van der Waals surface area contributed by atoms with E-state index in [0.717, 1.165) is 12.3 Å². The van der Waals surface area contributed by atoms with Gasteiger partial charge < -0.3 is 9.84 Å². The molecule has 0 aliphatic carbocycles. The smallest absolute Gasteiger partial charge is 0.411 e. The number of amides is 1. The highest BCUT2D eigenvalue weighted by molar-refractivity contribution is 6.41. The molecule has 2 heterocycles. The first-order valence-corrected chi connectivity index (χ1v) is 7.49. The third-order valence-electron chi connectivity index (χ3n) is 3.70. The van der Waals surface area contributed by atoms with E-state index in [1.807, 2.05) is 0 Å². The van der Waals surface area contributed by atoms with Gasteiger partial charge in [-0.3, -0.25) is 20.0 Å². The minimum Gasteiger partial charge on any atom is -0.444 e. The molecule has 1 aliphatic rings. The Bertz CT molecular complexity index is 722. The first-order chi connectivity index (χ1) is 11.3. The molecule has 1 aromatic heterocycles. The molecule has 0 saturated carbocycles. The summed E-state index contributed by atoms with van der Waals surface area (Å²) < 4.78 is 5.26. The summed E-state index contributed by atoms with van der Waals surface area (Å²) in [5.74, 6) is 0. The van der Waals surface area contributed by atoms with Gasteiger partial charge in [0.25, 0.3) is 5.69 Å². The normalized spacial score (nSPS) is 22.2. The van der Waals surface area contributed by atoms with Crippen molar-refractivity contribution in [1.29, 1.82) is 0 Å². The summed E-state index contributed by atoms with van der Waals surface area (Å²) in [6.07, 6.45) is -0.641. The number of rotatable bonds is 2. The van der Waals surface area contributed by atoms with Gasteiger partial charge in [0.2, 0.25) is 0 Å². The molecule has 0 fully saturated rings. The molecule has 0 bridgehead atoms. The topological polar surface area (TPSA) is 106 Å². The van der Waals surface area contributed by atoms with E-state index in [0.29, 0.717) is 4.90 Å². The molecule has 1 aliphatic heterocycles. The number of pyridine rings is 1. The number of hydrogen-bond donors (Lipinski definition) is 1. The van der Waals surface area contributed by atoms with Crippen LogP contribution in [0.25, 0.3) is 0 Å². The standard InChI is InChI=1S/C14H16B3N3O5/c1-12(2,3)25-11(21)19-13(22,7-15)9-4-8(20(23)24)6-18-10(9)5-14(19,16)17/h4,6,22H,5,7H2,1-3H3. The van der Waals surface area contributed by atoms with E-state index >= 15 is 0 Å². The Hall–Kier alpha value is -2.03. The maximum absolute atomic E-state index is 12.6. The summed E-state index contributed by atoms with van der Waals surface area (Å²) in [4.78, 5) is 27.6. The van der Waals surface area contributed by atoms with Crippen molar-refractivity contribution >= 4 is 35.3 Å². The Morgan fingerprint density at radius 2 is 2.12 bits per heavy atom. The maximum Gasteiger partial charge on any atom is 0.411 e. The highest BCUT2D eigenvalue weighted by atomic mass is 16.6. The number of nitro groups is 1. The monoisotopic (exact) mass is 339 g/mol. The van der Waals surface area contributed by atoms with Crippen LogP contribution in [-0.4, -0.2) is 60.5 Å². The number of nitrogens with zero attached hydrogens (tertiary/aromatic N) is 3. The lowest BCUT2D eigenvalue weighted by Gasteiger charge is -2.53. The number of ether oxygens (including phenoxy) is 1. The lowest BCUT2D eigenvalue weighted by Crippen LogP contribution is -2.67. The average molecular weight is 339 g/mol. The average Bonchev–Trinajstić information content (AvgIpc) is 2.43. The Labute approximate surface area is 149 Å². The van der Waals surface area contributed by atoms with Gasteiger partial charge in [0, 0.05) is 17.3 Å². The predicted molar refractivity (Wildman–Crippen MR) is 91.4 cm³/mol. The molecule has 1 N–H and O–H groups in total.